The molecule has 0 bridgehead atoms. The molecule has 2 nitrogen and oxygen atoms in total. The van der Waals surface area contributed by atoms with Crippen molar-refractivity contribution in [1.29, 1.82) is 0 Å². The maximum atomic E-state index is 12.5. The number of aryl methyl sites for hydroxylation is 1. The molecule has 0 saturated carbocycles. The van der Waals surface area contributed by atoms with Gasteiger partial charge in [0, 0.05) is 12.1 Å². The van der Waals surface area contributed by atoms with Crippen LogP contribution in [0.3, 0.4) is 0 Å². The lowest BCUT2D eigenvalue weighted by Gasteiger charge is -2.33. The number of rotatable bonds is 5. The lowest BCUT2D eigenvalue weighted by Crippen LogP contribution is -2.42. The van der Waals surface area contributed by atoms with E-state index in [0.29, 0.717) is 6.42 Å². The summed E-state index contributed by atoms with van der Waals surface area (Å²) >= 11 is 0. The van der Waals surface area contributed by atoms with E-state index in [1.165, 1.54) is 11.9 Å². The fourth-order valence-electron chi connectivity index (χ4n) is 2.20. The SMILES string of the molecule is CCC(N)C(c1ccc(C)cc1)N(C)CC(F)(F)F. The third-order valence-electron chi connectivity index (χ3n) is 3.20. The van der Waals surface area contributed by atoms with Gasteiger partial charge < -0.3 is 5.73 Å². The number of alkyl halides is 3. The zero-order valence-corrected chi connectivity index (χ0v) is 11.5. The molecular formula is C14H21F3N2. The first-order valence-electron chi connectivity index (χ1n) is 6.33. The van der Waals surface area contributed by atoms with Crippen molar-refractivity contribution in [1.82, 2.24) is 4.90 Å². The summed E-state index contributed by atoms with van der Waals surface area (Å²) in [7, 11) is 1.47. The molecule has 108 valence electrons. The largest absolute Gasteiger partial charge is 0.401 e. The van der Waals surface area contributed by atoms with E-state index in [1.54, 1.807) is 0 Å². The van der Waals surface area contributed by atoms with Crippen LogP contribution in [0.4, 0.5) is 13.2 Å². The van der Waals surface area contributed by atoms with Crippen molar-refractivity contribution in [2.75, 3.05) is 13.6 Å². The van der Waals surface area contributed by atoms with Gasteiger partial charge >= 0.3 is 6.18 Å². The summed E-state index contributed by atoms with van der Waals surface area (Å²) in [6, 6.07) is 6.74. The number of hydrogen-bond acceptors (Lipinski definition) is 2. The normalized spacial score (nSPS) is 15.6. The Morgan fingerprint density at radius 1 is 1.21 bits per heavy atom. The van der Waals surface area contributed by atoms with Crippen LogP contribution in [-0.4, -0.2) is 30.7 Å². The smallest absolute Gasteiger partial charge is 0.326 e. The molecule has 5 heteroatoms. The van der Waals surface area contributed by atoms with E-state index in [2.05, 4.69) is 0 Å². The number of halogens is 3. The van der Waals surface area contributed by atoms with Gasteiger partial charge in [0.05, 0.1) is 6.54 Å². The molecule has 0 heterocycles. The molecule has 1 aromatic carbocycles. The van der Waals surface area contributed by atoms with Gasteiger partial charge in [-0.1, -0.05) is 36.8 Å². The van der Waals surface area contributed by atoms with Gasteiger partial charge in [-0.15, -0.1) is 0 Å². The quantitative estimate of drug-likeness (QED) is 0.893. The highest BCUT2D eigenvalue weighted by atomic mass is 19.4. The van der Waals surface area contributed by atoms with Crippen molar-refractivity contribution in [2.24, 2.45) is 5.73 Å². The fraction of sp³-hybridized carbons (Fsp3) is 0.571. The van der Waals surface area contributed by atoms with Crippen LogP contribution in [-0.2, 0) is 0 Å². The minimum absolute atomic E-state index is 0.324. The Kier molecular flexibility index (Phi) is 5.38. The van der Waals surface area contributed by atoms with Crippen molar-refractivity contribution < 1.29 is 13.2 Å². The van der Waals surface area contributed by atoms with Crippen molar-refractivity contribution in [3.05, 3.63) is 35.4 Å². The molecule has 2 unspecified atom stereocenters. The predicted molar refractivity (Wildman–Crippen MR) is 70.9 cm³/mol. The zero-order valence-electron chi connectivity index (χ0n) is 11.5. The van der Waals surface area contributed by atoms with Crippen molar-refractivity contribution in [3.63, 3.8) is 0 Å². The first-order chi connectivity index (χ1) is 8.74. The second kappa shape index (κ2) is 6.39. The summed E-state index contributed by atoms with van der Waals surface area (Å²) in [4.78, 5) is 1.28. The monoisotopic (exact) mass is 274 g/mol. The maximum absolute atomic E-state index is 12.5. The number of nitrogens with two attached hydrogens (primary N) is 1. The van der Waals surface area contributed by atoms with Crippen LogP contribution in [0.15, 0.2) is 24.3 Å². The topological polar surface area (TPSA) is 29.3 Å². The summed E-state index contributed by atoms with van der Waals surface area (Å²) in [5, 5.41) is 0. The highest BCUT2D eigenvalue weighted by molar-refractivity contribution is 5.25. The highest BCUT2D eigenvalue weighted by Gasteiger charge is 2.34. The van der Waals surface area contributed by atoms with Gasteiger partial charge in [0.15, 0.2) is 0 Å². The molecule has 0 saturated heterocycles. The summed E-state index contributed by atoms with van der Waals surface area (Å²) in [6.45, 7) is 2.87. The molecule has 0 aliphatic carbocycles. The third-order valence-corrected chi connectivity index (χ3v) is 3.20. The molecule has 0 radical (unpaired) electrons. The molecule has 2 atom stereocenters. The Hall–Kier alpha value is -1.07. The van der Waals surface area contributed by atoms with Gasteiger partial charge in [-0.3, -0.25) is 4.90 Å². The van der Waals surface area contributed by atoms with E-state index >= 15 is 0 Å². The second-order valence-electron chi connectivity index (χ2n) is 4.96. The Labute approximate surface area is 112 Å². The summed E-state index contributed by atoms with van der Waals surface area (Å²) < 4.78 is 37.6. The molecule has 0 aromatic heterocycles. The van der Waals surface area contributed by atoms with Gasteiger partial charge in [-0.2, -0.15) is 13.2 Å². The van der Waals surface area contributed by atoms with E-state index in [0.717, 1.165) is 11.1 Å². The van der Waals surface area contributed by atoms with Crippen LogP contribution in [0, 0.1) is 6.92 Å². The Morgan fingerprint density at radius 3 is 2.16 bits per heavy atom. The highest BCUT2D eigenvalue weighted by Crippen LogP contribution is 2.27. The average molecular weight is 274 g/mol. The lowest BCUT2D eigenvalue weighted by molar-refractivity contribution is -0.148. The van der Waals surface area contributed by atoms with Crippen LogP contribution in [0.5, 0.6) is 0 Å². The number of nitrogens with zero attached hydrogens (tertiary/aromatic N) is 1. The van der Waals surface area contributed by atoms with Gasteiger partial charge in [-0.05, 0) is 26.0 Å². The van der Waals surface area contributed by atoms with Gasteiger partial charge in [0.1, 0.15) is 0 Å². The predicted octanol–water partition coefficient (Wildman–Crippen LogP) is 3.27. The van der Waals surface area contributed by atoms with Gasteiger partial charge in [0.2, 0.25) is 0 Å². The molecule has 2 N–H and O–H groups in total. The molecule has 0 aliphatic heterocycles. The molecular weight excluding hydrogens is 253 g/mol. The average Bonchev–Trinajstić information content (AvgIpc) is 2.29. The van der Waals surface area contributed by atoms with Crippen LogP contribution < -0.4 is 5.73 Å². The van der Waals surface area contributed by atoms with Crippen LogP contribution >= 0.6 is 0 Å². The molecule has 19 heavy (non-hydrogen) atoms. The number of hydrogen-bond donors (Lipinski definition) is 1. The molecule has 0 spiro atoms. The minimum atomic E-state index is -4.22. The second-order valence-corrected chi connectivity index (χ2v) is 4.96. The first kappa shape index (κ1) is 16.0. The Morgan fingerprint density at radius 2 is 1.74 bits per heavy atom. The van der Waals surface area contributed by atoms with Crippen molar-refractivity contribution >= 4 is 0 Å². The van der Waals surface area contributed by atoms with Crippen LogP contribution in [0.25, 0.3) is 0 Å². The molecule has 0 amide bonds. The Bertz CT molecular complexity index is 387. The van der Waals surface area contributed by atoms with Crippen molar-refractivity contribution in [2.45, 2.75) is 38.5 Å². The van der Waals surface area contributed by atoms with Crippen molar-refractivity contribution in [3.8, 4) is 0 Å². The van der Waals surface area contributed by atoms with Gasteiger partial charge in [0.25, 0.3) is 0 Å². The van der Waals surface area contributed by atoms with Gasteiger partial charge in [-0.25, -0.2) is 0 Å². The minimum Gasteiger partial charge on any atom is -0.326 e. The lowest BCUT2D eigenvalue weighted by atomic mass is 9.96. The summed E-state index contributed by atoms with van der Waals surface area (Å²) in [5.41, 5.74) is 7.90. The molecule has 0 fully saturated rings. The van der Waals surface area contributed by atoms with E-state index in [4.69, 9.17) is 5.73 Å². The molecule has 1 aromatic rings. The number of likely N-dealkylation sites (N-methyl/N-ethyl adjacent to an activating group) is 1. The summed E-state index contributed by atoms with van der Waals surface area (Å²) in [5.74, 6) is 0. The van der Waals surface area contributed by atoms with E-state index in [-0.39, 0.29) is 6.04 Å². The Balaban J connectivity index is 2.98. The van der Waals surface area contributed by atoms with Crippen LogP contribution in [0.2, 0.25) is 0 Å². The van der Waals surface area contributed by atoms with E-state index in [9.17, 15) is 13.2 Å². The van der Waals surface area contributed by atoms with Crippen LogP contribution in [0.1, 0.15) is 30.5 Å². The maximum Gasteiger partial charge on any atom is 0.401 e. The fourth-order valence-corrected chi connectivity index (χ4v) is 2.20. The first-order valence-corrected chi connectivity index (χ1v) is 6.33. The zero-order chi connectivity index (χ0) is 14.6. The standard InChI is InChI=1S/C14H21F3N2/c1-4-12(18)13(19(3)9-14(15,16)17)11-7-5-10(2)6-8-11/h5-8,12-13H,4,9,18H2,1-3H3. The number of benzene rings is 1. The van der Waals surface area contributed by atoms with E-state index in [1.807, 2.05) is 38.1 Å². The summed E-state index contributed by atoms with van der Waals surface area (Å²) in [6.07, 6.45) is -3.59. The molecule has 1 rings (SSSR count). The third kappa shape index (κ3) is 4.84. The van der Waals surface area contributed by atoms with E-state index < -0.39 is 18.8 Å². The molecule has 0 aliphatic rings.